The van der Waals surface area contributed by atoms with Gasteiger partial charge < -0.3 is 15.3 Å². The SMILES string of the molecule is O=C1NC(=O)C(=Cc2ccnc(N3CCC(CNCc4cnc(-c5csc6ccccc56)c(C(=O)O)c4)CC3)n2)S1. The smallest absolute Gasteiger partial charge is 0.337 e. The highest BCUT2D eigenvalue weighted by atomic mass is 32.2. The molecule has 4 aromatic rings. The Morgan fingerprint density at radius 2 is 2.00 bits per heavy atom. The van der Waals surface area contributed by atoms with Crippen LogP contribution in [-0.4, -0.2) is 56.8 Å². The van der Waals surface area contributed by atoms with Gasteiger partial charge in [0, 0.05) is 53.1 Å². The van der Waals surface area contributed by atoms with E-state index >= 15 is 0 Å². The van der Waals surface area contributed by atoms with E-state index in [1.54, 1.807) is 41.9 Å². The lowest BCUT2D eigenvalue weighted by Crippen LogP contribution is -2.38. The Kier molecular flexibility index (Phi) is 7.77. The van der Waals surface area contributed by atoms with Crippen LogP contribution >= 0.6 is 23.1 Å². The largest absolute Gasteiger partial charge is 0.478 e. The second-order valence-corrected chi connectivity index (χ2v) is 11.8. The van der Waals surface area contributed by atoms with Gasteiger partial charge in [-0.25, -0.2) is 14.8 Å². The maximum absolute atomic E-state index is 12.1. The van der Waals surface area contributed by atoms with Crippen LogP contribution in [0.15, 0.2) is 59.1 Å². The maximum Gasteiger partial charge on any atom is 0.337 e. The lowest BCUT2D eigenvalue weighted by atomic mass is 9.97. The Bertz CT molecular complexity index is 1680. The van der Waals surface area contributed by atoms with Crippen LogP contribution in [0.5, 0.6) is 0 Å². The zero-order chi connectivity index (χ0) is 28.3. The van der Waals surface area contributed by atoms with Crippen molar-refractivity contribution in [1.29, 1.82) is 0 Å². The van der Waals surface area contributed by atoms with E-state index in [2.05, 4.69) is 30.5 Å². The number of aromatic carboxylic acids is 1. The maximum atomic E-state index is 12.1. The molecule has 12 heteroatoms. The van der Waals surface area contributed by atoms with Gasteiger partial charge in [-0.15, -0.1) is 11.3 Å². The Labute approximate surface area is 243 Å². The topological polar surface area (TPSA) is 137 Å². The Morgan fingerprint density at radius 3 is 2.78 bits per heavy atom. The van der Waals surface area contributed by atoms with E-state index in [1.165, 1.54) is 0 Å². The number of carboxylic acids is 1. The van der Waals surface area contributed by atoms with Crippen molar-refractivity contribution in [3.8, 4) is 11.3 Å². The fourth-order valence-corrected chi connectivity index (χ4v) is 6.66. The third-order valence-corrected chi connectivity index (χ3v) is 8.93. The summed E-state index contributed by atoms with van der Waals surface area (Å²) in [5.41, 5.74) is 2.96. The predicted octanol–water partition coefficient (Wildman–Crippen LogP) is 4.78. The monoisotopic (exact) mass is 586 g/mol. The minimum atomic E-state index is -0.988. The first-order chi connectivity index (χ1) is 19.9. The summed E-state index contributed by atoms with van der Waals surface area (Å²) in [5.74, 6) is -0.329. The number of imide groups is 1. The van der Waals surface area contributed by atoms with E-state index < -0.39 is 11.9 Å². The number of amides is 2. The molecule has 208 valence electrons. The zero-order valence-electron chi connectivity index (χ0n) is 21.9. The predicted molar refractivity (Wildman–Crippen MR) is 160 cm³/mol. The summed E-state index contributed by atoms with van der Waals surface area (Å²) in [5, 5.41) is 18.2. The number of carbonyl (C=O) groups is 3. The van der Waals surface area contributed by atoms with E-state index in [0.717, 1.165) is 65.5 Å². The molecule has 0 saturated carbocycles. The molecule has 3 aromatic heterocycles. The minimum Gasteiger partial charge on any atom is -0.478 e. The number of carboxylic acid groups (broad SMARTS) is 1. The summed E-state index contributed by atoms with van der Waals surface area (Å²) in [6, 6.07) is 11.4. The van der Waals surface area contributed by atoms with Gasteiger partial charge in [-0.3, -0.25) is 19.9 Å². The number of fused-ring (bicyclic) bond motifs is 1. The number of benzene rings is 1. The summed E-state index contributed by atoms with van der Waals surface area (Å²) < 4.78 is 1.10. The van der Waals surface area contributed by atoms with E-state index in [0.29, 0.717) is 34.7 Å². The van der Waals surface area contributed by atoms with Crippen LogP contribution < -0.4 is 15.5 Å². The van der Waals surface area contributed by atoms with Crippen LogP contribution in [0.25, 0.3) is 27.4 Å². The standard InChI is InChI=1S/C29H26N6O4S2/c36-26-24(41-29(39)34-26)12-19-5-8-31-28(33-19)35-9-6-17(7-10-35)13-30-14-18-11-21(27(37)38)25(32-15-18)22-16-40-23-4-2-1-3-20(22)23/h1-5,8,11-12,15-17,30H,6-7,9-10,13-14H2,(H,37,38)(H,34,36,39). The number of hydrogen-bond donors (Lipinski definition) is 3. The van der Waals surface area contributed by atoms with Crippen molar-refractivity contribution in [3.05, 3.63) is 75.9 Å². The molecule has 1 aromatic carbocycles. The fraction of sp³-hybridized carbons (Fsp3) is 0.241. The van der Waals surface area contributed by atoms with Crippen LogP contribution in [0.2, 0.25) is 0 Å². The minimum absolute atomic E-state index is 0.206. The van der Waals surface area contributed by atoms with E-state index in [-0.39, 0.29) is 10.8 Å². The van der Waals surface area contributed by atoms with Crippen LogP contribution in [0.1, 0.15) is 34.5 Å². The lowest BCUT2D eigenvalue weighted by molar-refractivity contribution is -0.115. The molecule has 3 N–H and O–H groups in total. The highest BCUT2D eigenvalue weighted by Crippen LogP contribution is 2.35. The number of aromatic nitrogens is 3. The number of nitrogens with one attached hydrogen (secondary N) is 2. The Hall–Kier alpha value is -4.13. The molecule has 41 heavy (non-hydrogen) atoms. The van der Waals surface area contributed by atoms with Crippen molar-refractivity contribution in [2.75, 3.05) is 24.5 Å². The van der Waals surface area contributed by atoms with Crippen LogP contribution in [0.4, 0.5) is 10.7 Å². The molecule has 0 spiro atoms. The molecule has 2 aliphatic heterocycles. The number of thioether (sulfide) groups is 1. The molecule has 0 unspecified atom stereocenters. The summed E-state index contributed by atoms with van der Waals surface area (Å²) in [6.45, 7) is 2.94. The third-order valence-electron chi connectivity index (χ3n) is 7.16. The van der Waals surface area contributed by atoms with Crippen LogP contribution in [0, 0.1) is 5.92 Å². The number of pyridine rings is 1. The van der Waals surface area contributed by atoms with Gasteiger partial charge in [-0.1, -0.05) is 18.2 Å². The van der Waals surface area contributed by atoms with Gasteiger partial charge in [0.05, 0.1) is 21.9 Å². The third kappa shape index (κ3) is 5.99. The molecule has 0 radical (unpaired) electrons. The van der Waals surface area contributed by atoms with Crippen molar-refractivity contribution >= 4 is 62.3 Å². The number of hydrogen-bond acceptors (Lipinski definition) is 10. The average molecular weight is 587 g/mol. The van der Waals surface area contributed by atoms with E-state index in [4.69, 9.17) is 0 Å². The fourth-order valence-electron chi connectivity index (χ4n) is 5.05. The second-order valence-electron chi connectivity index (χ2n) is 9.89. The normalized spacial score (nSPS) is 17.0. The Morgan fingerprint density at radius 1 is 1.17 bits per heavy atom. The van der Waals surface area contributed by atoms with Gasteiger partial charge in [0.1, 0.15) is 0 Å². The zero-order valence-corrected chi connectivity index (χ0v) is 23.5. The first-order valence-electron chi connectivity index (χ1n) is 13.2. The summed E-state index contributed by atoms with van der Waals surface area (Å²) in [4.78, 5) is 51.3. The van der Waals surface area contributed by atoms with Crippen LogP contribution in [0.3, 0.4) is 0 Å². The number of carbonyl (C=O) groups excluding carboxylic acids is 2. The number of thiophene rings is 1. The first-order valence-corrected chi connectivity index (χ1v) is 14.9. The van der Waals surface area contributed by atoms with E-state index in [1.807, 2.05) is 29.6 Å². The van der Waals surface area contributed by atoms with Crippen molar-refractivity contribution < 1.29 is 19.5 Å². The average Bonchev–Trinajstić information content (AvgIpc) is 3.55. The highest BCUT2D eigenvalue weighted by molar-refractivity contribution is 8.18. The van der Waals surface area contributed by atoms with Gasteiger partial charge in [-0.05, 0) is 66.9 Å². The molecule has 0 aliphatic carbocycles. The van der Waals surface area contributed by atoms with Gasteiger partial charge in [0.15, 0.2) is 0 Å². The van der Waals surface area contributed by atoms with Crippen molar-refractivity contribution in [2.24, 2.45) is 5.92 Å². The second kappa shape index (κ2) is 11.8. The number of anilines is 1. The van der Waals surface area contributed by atoms with Crippen molar-refractivity contribution in [2.45, 2.75) is 19.4 Å². The molecule has 6 rings (SSSR count). The van der Waals surface area contributed by atoms with E-state index in [9.17, 15) is 19.5 Å². The van der Waals surface area contributed by atoms with Gasteiger partial charge in [0.25, 0.3) is 11.1 Å². The van der Waals surface area contributed by atoms with Gasteiger partial charge in [-0.2, -0.15) is 0 Å². The lowest BCUT2D eigenvalue weighted by Gasteiger charge is -2.32. The Balaban J connectivity index is 1.04. The molecule has 2 fully saturated rings. The molecule has 2 amide bonds. The number of nitrogens with zero attached hydrogens (tertiary/aromatic N) is 4. The molecular weight excluding hydrogens is 560 g/mol. The van der Waals surface area contributed by atoms with Gasteiger partial charge in [0.2, 0.25) is 5.95 Å². The number of piperidine rings is 1. The molecule has 2 aliphatic rings. The molecule has 0 bridgehead atoms. The molecule has 10 nitrogen and oxygen atoms in total. The summed E-state index contributed by atoms with van der Waals surface area (Å²) >= 11 is 2.45. The first kappa shape index (κ1) is 27.1. The summed E-state index contributed by atoms with van der Waals surface area (Å²) in [6.07, 6.45) is 6.93. The van der Waals surface area contributed by atoms with Crippen molar-refractivity contribution in [3.63, 3.8) is 0 Å². The molecular formula is C29H26N6O4S2. The van der Waals surface area contributed by atoms with Crippen LogP contribution in [-0.2, 0) is 11.3 Å². The summed E-state index contributed by atoms with van der Waals surface area (Å²) in [7, 11) is 0. The molecule has 2 saturated heterocycles. The molecule has 5 heterocycles. The van der Waals surface area contributed by atoms with Gasteiger partial charge >= 0.3 is 5.97 Å². The quantitative estimate of drug-likeness (QED) is 0.247. The highest BCUT2D eigenvalue weighted by Gasteiger charge is 2.26. The van der Waals surface area contributed by atoms with Crippen molar-refractivity contribution in [1.82, 2.24) is 25.6 Å². The number of rotatable bonds is 8. The molecule has 0 atom stereocenters.